The first-order valence-electron chi connectivity index (χ1n) is 6.06. The first kappa shape index (κ1) is 13.4. The molecule has 3 N–H and O–H groups in total. The van der Waals surface area contributed by atoms with Crippen molar-refractivity contribution in [1.82, 2.24) is 5.32 Å². The average molecular weight is 268 g/mol. The lowest BCUT2D eigenvalue weighted by molar-refractivity contribution is -0.118. The highest BCUT2D eigenvalue weighted by Crippen LogP contribution is 2.31. The monoisotopic (exact) mass is 268 g/mol. The van der Waals surface area contributed by atoms with Crippen molar-refractivity contribution in [2.24, 2.45) is 11.7 Å². The molecule has 1 aromatic carbocycles. The molecule has 1 saturated carbocycles. The zero-order chi connectivity index (χ0) is 13.0. The van der Waals surface area contributed by atoms with Crippen LogP contribution in [0, 0.1) is 11.7 Å². The molecule has 2 rings (SSSR count). The second-order valence-corrected chi connectivity index (χ2v) is 5.60. The van der Waals surface area contributed by atoms with E-state index in [2.05, 4.69) is 5.32 Å². The van der Waals surface area contributed by atoms with E-state index >= 15 is 0 Å². The van der Waals surface area contributed by atoms with Gasteiger partial charge in [0.05, 0.1) is 5.75 Å². The zero-order valence-electron chi connectivity index (χ0n) is 10.1. The smallest absolute Gasteiger partial charge is 0.230 e. The maximum absolute atomic E-state index is 12.7. The summed E-state index contributed by atoms with van der Waals surface area (Å²) in [6.45, 7) is 0.549. The van der Waals surface area contributed by atoms with Gasteiger partial charge in [0, 0.05) is 17.5 Å². The molecule has 1 fully saturated rings. The van der Waals surface area contributed by atoms with Crippen molar-refractivity contribution in [3.05, 3.63) is 30.1 Å². The molecule has 3 nitrogen and oxygen atoms in total. The van der Waals surface area contributed by atoms with Gasteiger partial charge < -0.3 is 11.1 Å². The fourth-order valence-corrected chi connectivity index (χ4v) is 2.38. The molecule has 5 heteroatoms. The van der Waals surface area contributed by atoms with Crippen molar-refractivity contribution >= 4 is 17.7 Å². The number of hydrogen-bond donors (Lipinski definition) is 2. The van der Waals surface area contributed by atoms with Crippen molar-refractivity contribution in [3.8, 4) is 0 Å². The molecular formula is C13H17FN2OS. The van der Waals surface area contributed by atoms with Crippen LogP contribution >= 0.6 is 11.8 Å². The van der Waals surface area contributed by atoms with Crippen LogP contribution in [-0.2, 0) is 4.79 Å². The normalized spacial score (nSPS) is 16.3. The highest BCUT2D eigenvalue weighted by Gasteiger charge is 2.28. The lowest BCUT2D eigenvalue weighted by Gasteiger charge is -2.11. The number of nitrogens with two attached hydrogens (primary N) is 1. The third kappa shape index (κ3) is 4.31. The van der Waals surface area contributed by atoms with Gasteiger partial charge in [0.2, 0.25) is 5.91 Å². The van der Waals surface area contributed by atoms with E-state index in [4.69, 9.17) is 5.73 Å². The molecule has 1 atom stereocenters. The Kier molecular flexibility index (Phi) is 4.60. The van der Waals surface area contributed by atoms with Gasteiger partial charge in [0.15, 0.2) is 0 Å². The van der Waals surface area contributed by atoms with E-state index in [1.54, 1.807) is 12.1 Å². The molecule has 1 aliphatic carbocycles. The van der Waals surface area contributed by atoms with Crippen LogP contribution in [0.15, 0.2) is 29.2 Å². The molecule has 0 radical (unpaired) electrons. The van der Waals surface area contributed by atoms with Crippen molar-refractivity contribution in [2.45, 2.75) is 23.8 Å². The minimum atomic E-state index is -0.265. The van der Waals surface area contributed by atoms with Gasteiger partial charge in [-0.1, -0.05) is 0 Å². The third-order valence-corrected chi connectivity index (χ3v) is 3.96. The van der Waals surface area contributed by atoms with E-state index in [0.29, 0.717) is 18.2 Å². The van der Waals surface area contributed by atoms with Crippen LogP contribution in [-0.4, -0.2) is 24.2 Å². The van der Waals surface area contributed by atoms with E-state index in [1.165, 1.54) is 36.7 Å². The molecule has 1 aliphatic rings. The van der Waals surface area contributed by atoms with Crippen molar-refractivity contribution in [2.75, 3.05) is 12.3 Å². The minimum Gasteiger partial charge on any atom is -0.354 e. The molecule has 0 aromatic heterocycles. The van der Waals surface area contributed by atoms with Gasteiger partial charge in [-0.3, -0.25) is 4.79 Å². The summed E-state index contributed by atoms with van der Waals surface area (Å²) in [6.07, 6.45) is 2.36. The third-order valence-electron chi connectivity index (χ3n) is 2.95. The minimum absolute atomic E-state index is 0.0274. The van der Waals surface area contributed by atoms with Gasteiger partial charge >= 0.3 is 0 Å². The summed E-state index contributed by atoms with van der Waals surface area (Å²) < 4.78 is 12.7. The maximum atomic E-state index is 12.7. The molecule has 0 aliphatic heterocycles. The fourth-order valence-electron chi connectivity index (χ4n) is 1.65. The number of hydrogen-bond acceptors (Lipinski definition) is 3. The molecule has 98 valence electrons. The van der Waals surface area contributed by atoms with Crippen molar-refractivity contribution in [3.63, 3.8) is 0 Å². The lowest BCUT2D eigenvalue weighted by Crippen LogP contribution is -2.39. The number of carbonyl (C=O) groups excluding carboxylic acids is 1. The van der Waals surface area contributed by atoms with E-state index < -0.39 is 0 Å². The van der Waals surface area contributed by atoms with Crippen LogP contribution in [0.5, 0.6) is 0 Å². The highest BCUT2D eigenvalue weighted by atomic mass is 32.2. The van der Waals surface area contributed by atoms with Gasteiger partial charge in [-0.25, -0.2) is 4.39 Å². The summed E-state index contributed by atoms with van der Waals surface area (Å²) in [7, 11) is 0. The van der Waals surface area contributed by atoms with Gasteiger partial charge in [-0.2, -0.15) is 0 Å². The van der Waals surface area contributed by atoms with Crippen LogP contribution < -0.4 is 11.1 Å². The van der Waals surface area contributed by atoms with Crippen LogP contribution in [0.25, 0.3) is 0 Å². The van der Waals surface area contributed by atoms with Gasteiger partial charge in [-0.15, -0.1) is 11.8 Å². The zero-order valence-corrected chi connectivity index (χ0v) is 10.9. The van der Waals surface area contributed by atoms with E-state index in [-0.39, 0.29) is 17.8 Å². The number of nitrogens with one attached hydrogen (secondary N) is 1. The molecule has 18 heavy (non-hydrogen) atoms. The first-order valence-corrected chi connectivity index (χ1v) is 7.04. The summed E-state index contributed by atoms with van der Waals surface area (Å²) in [6, 6.07) is 6.21. The number of thioether (sulfide) groups is 1. The topological polar surface area (TPSA) is 55.1 Å². The van der Waals surface area contributed by atoms with Gasteiger partial charge in [-0.05, 0) is 43.0 Å². The number of benzene rings is 1. The van der Waals surface area contributed by atoms with Crippen molar-refractivity contribution < 1.29 is 9.18 Å². The fraction of sp³-hybridized carbons (Fsp3) is 0.462. The maximum Gasteiger partial charge on any atom is 0.230 e. The largest absolute Gasteiger partial charge is 0.354 e. The summed E-state index contributed by atoms with van der Waals surface area (Å²) in [5, 5.41) is 2.83. The van der Waals surface area contributed by atoms with Crippen LogP contribution in [0.2, 0.25) is 0 Å². The SMILES string of the molecule is NC(CNC(=O)CSc1ccc(F)cc1)C1CC1. The summed E-state index contributed by atoms with van der Waals surface area (Å²) in [4.78, 5) is 12.5. The summed E-state index contributed by atoms with van der Waals surface area (Å²) in [5.74, 6) is 0.637. The second-order valence-electron chi connectivity index (χ2n) is 4.55. The summed E-state index contributed by atoms with van der Waals surface area (Å²) >= 11 is 1.39. The molecule has 1 unspecified atom stereocenters. The number of halogens is 1. The van der Waals surface area contributed by atoms with Crippen LogP contribution in [0.1, 0.15) is 12.8 Å². The van der Waals surface area contributed by atoms with Crippen molar-refractivity contribution in [1.29, 1.82) is 0 Å². The van der Waals surface area contributed by atoms with Gasteiger partial charge in [0.1, 0.15) is 5.82 Å². The summed E-state index contributed by atoms with van der Waals surface area (Å²) in [5.41, 5.74) is 5.89. The number of rotatable bonds is 6. The molecule has 1 amide bonds. The van der Waals surface area contributed by atoms with E-state index in [9.17, 15) is 9.18 Å². The predicted octanol–water partition coefficient (Wildman–Crippen LogP) is 1.77. The Balaban J connectivity index is 1.66. The Labute approximate surface area is 110 Å². The Morgan fingerprint density at radius 1 is 1.44 bits per heavy atom. The lowest BCUT2D eigenvalue weighted by atomic mass is 10.2. The van der Waals surface area contributed by atoms with E-state index in [1.807, 2.05) is 0 Å². The second kappa shape index (κ2) is 6.20. The standard InChI is InChI=1S/C13H17FN2OS/c14-10-3-5-11(6-4-10)18-8-13(17)16-7-12(15)9-1-2-9/h3-6,9,12H,1-2,7-8,15H2,(H,16,17). The first-order chi connectivity index (χ1) is 8.65. The number of amides is 1. The Morgan fingerprint density at radius 2 is 2.11 bits per heavy atom. The molecular weight excluding hydrogens is 251 g/mol. The molecule has 1 aromatic rings. The Morgan fingerprint density at radius 3 is 2.72 bits per heavy atom. The molecule has 0 spiro atoms. The molecule has 0 saturated heterocycles. The quantitative estimate of drug-likeness (QED) is 0.773. The van der Waals surface area contributed by atoms with Crippen LogP contribution in [0.4, 0.5) is 4.39 Å². The number of carbonyl (C=O) groups is 1. The highest BCUT2D eigenvalue weighted by molar-refractivity contribution is 8.00. The Hall–Kier alpha value is -1.07. The molecule has 0 heterocycles. The van der Waals surface area contributed by atoms with Crippen LogP contribution in [0.3, 0.4) is 0 Å². The average Bonchev–Trinajstić information content (AvgIpc) is 3.19. The Bertz CT molecular complexity index is 406. The molecule has 0 bridgehead atoms. The van der Waals surface area contributed by atoms with E-state index in [0.717, 1.165) is 4.90 Å². The van der Waals surface area contributed by atoms with Gasteiger partial charge in [0.25, 0.3) is 0 Å². The predicted molar refractivity (Wildman–Crippen MR) is 70.8 cm³/mol.